The summed E-state index contributed by atoms with van der Waals surface area (Å²) >= 11 is 0. The van der Waals surface area contributed by atoms with Gasteiger partial charge in [0.2, 0.25) is 12.2 Å². The molecule has 11 heteroatoms. The van der Waals surface area contributed by atoms with E-state index in [-0.39, 0.29) is 38.7 Å². The molecule has 0 bridgehead atoms. The van der Waals surface area contributed by atoms with E-state index in [0.29, 0.717) is 0 Å². The summed E-state index contributed by atoms with van der Waals surface area (Å²) in [7, 11) is 0. The van der Waals surface area contributed by atoms with Crippen LogP contribution in [-0.4, -0.2) is 67.0 Å². The fourth-order valence-electron chi connectivity index (χ4n) is 2.82. The summed E-state index contributed by atoms with van der Waals surface area (Å²) in [6.45, 7) is 7.60. The van der Waals surface area contributed by atoms with Crippen LogP contribution in [0.25, 0.3) is 0 Å². The molecule has 0 spiro atoms. The molecule has 0 aromatic carbocycles. The monoisotopic (exact) mass is 459 g/mol. The van der Waals surface area contributed by atoms with Gasteiger partial charge in [0.25, 0.3) is 0 Å². The molecule has 0 saturated carbocycles. The molecule has 5 atom stereocenters. The van der Waals surface area contributed by atoms with Gasteiger partial charge in [0.05, 0.1) is 0 Å². The van der Waals surface area contributed by atoms with Gasteiger partial charge in [-0.25, -0.2) is 0 Å². The molecule has 1 heterocycles. The largest absolute Gasteiger partial charge is 0.463 e. The Kier molecular flexibility index (Phi) is 11.7. The molecule has 1 N–H and O–H groups in total. The predicted molar refractivity (Wildman–Crippen MR) is 109 cm³/mol. The van der Waals surface area contributed by atoms with Crippen LogP contribution in [0.5, 0.6) is 0 Å². The van der Waals surface area contributed by atoms with Gasteiger partial charge in [0.15, 0.2) is 12.2 Å². The second kappa shape index (κ2) is 13.7. The van der Waals surface area contributed by atoms with Crippen molar-refractivity contribution in [3.63, 3.8) is 0 Å². The van der Waals surface area contributed by atoms with E-state index in [1.807, 2.05) is 0 Å². The standard InChI is InChI=1S/C21H33NO10/c1-6-13(23)22-18-20(31-16(26)9-4)19(30-15(25)8-3)12(11-28-14(24)7-2)29-21(18)32-17(27)10-5/h12,18-21H,6-11H2,1-5H3,(H,22,23)/t12?,18?,19-,20?,21-/m1/s1. The molecule has 0 aliphatic carbocycles. The fourth-order valence-corrected chi connectivity index (χ4v) is 2.82. The molecule has 1 aliphatic heterocycles. The van der Waals surface area contributed by atoms with Crippen LogP contribution in [0.3, 0.4) is 0 Å². The highest BCUT2D eigenvalue weighted by Crippen LogP contribution is 2.28. The second-order valence-corrected chi connectivity index (χ2v) is 6.99. The molecular weight excluding hydrogens is 426 g/mol. The molecule has 1 rings (SSSR count). The van der Waals surface area contributed by atoms with Gasteiger partial charge in [-0.2, -0.15) is 0 Å². The first-order valence-electron chi connectivity index (χ1n) is 10.9. The fraction of sp³-hybridized carbons (Fsp3) is 0.762. The van der Waals surface area contributed by atoms with Crippen molar-refractivity contribution < 1.29 is 47.7 Å². The number of carbonyl (C=O) groups excluding carboxylic acids is 5. The van der Waals surface area contributed by atoms with Crippen molar-refractivity contribution in [1.82, 2.24) is 5.32 Å². The third kappa shape index (κ3) is 8.10. The van der Waals surface area contributed by atoms with Crippen molar-refractivity contribution >= 4 is 29.8 Å². The molecule has 3 unspecified atom stereocenters. The van der Waals surface area contributed by atoms with E-state index < -0.39 is 60.4 Å². The molecule has 0 aromatic rings. The van der Waals surface area contributed by atoms with E-state index in [9.17, 15) is 24.0 Å². The normalized spacial score (nSPS) is 24.7. The van der Waals surface area contributed by atoms with Crippen molar-refractivity contribution in [3.8, 4) is 0 Å². The van der Waals surface area contributed by atoms with Crippen LogP contribution < -0.4 is 5.32 Å². The van der Waals surface area contributed by atoms with Crippen LogP contribution in [0.15, 0.2) is 0 Å². The number of nitrogens with one attached hydrogen (secondary N) is 1. The van der Waals surface area contributed by atoms with E-state index >= 15 is 0 Å². The number of carbonyl (C=O) groups is 5. The van der Waals surface area contributed by atoms with E-state index in [1.165, 1.54) is 0 Å². The summed E-state index contributed by atoms with van der Waals surface area (Å²) in [6, 6.07) is -1.15. The van der Waals surface area contributed by atoms with Crippen LogP contribution >= 0.6 is 0 Å². The first-order chi connectivity index (χ1) is 15.2. The van der Waals surface area contributed by atoms with Crippen molar-refractivity contribution in [2.45, 2.75) is 97.4 Å². The highest BCUT2D eigenvalue weighted by Gasteiger charge is 2.52. The Labute approximate surface area is 187 Å². The van der Waals surface area contributed by atoms with Gasteiger partial charge in [-0.05, 0) is 0 Å². The first-order valence-corrected chi connectivity index (χ1v) is 10.9. The van der Waals surface area contributed by atoms with Gasteiger partial charge in [-0.1, -0.05) is 34.6 Å². The molecule has 0 radical (unpaired) electrons. The third-order valence-electron chi connectivity index (χ3n) is 4.64. The predicted octanol–water partition coefficient (Wildman–Crippen LogP) is 1.16. The Balaban J connectivity index is 3.40. The summed E-state index contributed by atoms with van der Waals surface area (Å²) in [6.07, 6.45) is -4.70. The molecule has 182 valence electrons. The first kappa shape index (κ1) is 27.3. The second-order valence-electron chi connectivity index (χ2n) is 6.99. The van der Waals surface area contributed by atoms with E-state index in [2.05, 4.69) is 5.32 Å². The van der Waals surface area contributed by atoms with Gasteiger partial charge >= 0.3 is 23.9 Å². The number of hydrogen-bond acceptors (Lipinski definition) is 10. The zero-order valence-corrected chi connectivity index (χ0v) is 19.2. The minimum atomic E-state index is -1.37. The van der Waals surface area contributed by atoms with Crippen molar-refractivity contribution in [3.05, 3.63) is 0 Å². The topological polar surface area (TPSA) is 144 Å². The lowest BCUT2D eigenvalue weighted by molar-refractivity contribution is -0.272. The lowest BCUT2D eigenvalue weighted by atomic mass is 9.95. The summed E-state index contributed by atoms with van der Waals surface area (Å²) in [5.74, 6) is -2.83. The molecule has 1 aliphatic rings. The van der Waals surface area contributed by atoms with E-state index in [1.54, 1.807) is 34.6 Å². The molecule has 32 heavy (non-hydrogen) atoms. The van der Waals surface area contributed by atoms with Crippen molar-refractivity contribution in [2.24, 2.45) is 0 Å². The van der Waals surface area contributed by atoms with Crippen LogP contribution in [0.2, 0.25) is 0 Å². The SMILES string of the molecule is CCC(=O)NC1C(OC(=O)CC)[C@H](OC(=O)CC)C(COC(=O)CC)O[C@@H]1OC(=O)CC. The smallest absolute Gasteiger partial charge is 0.307 e. The van der Waals surface area contributed by atoms with Crippen LogP contribution in [-0.2, 0) is 47.7 Å². The molecule has 1 amide bonds. The number of amides is 1. The van der Waals surface area contributed by atoms with Crippen LogP contribution in [0.1, 0.15) is 66.7 Å². The quantitative estimate of drug-likeness (QED) is 0.353. The molecule has 1 saturated heterocycles. The van der Waals surface area contributed by atoms with E-state index in [0.717, 1.165) is 0 Å². The zero-order valence-electron chi connectivity index (χ0n) is 19.2. The van der Waals surface area contributed by atoms with Gasteiger partial charge in [0.1, 0.15) is 18.8 Å². The maximum Gasteiger partial charge on any atom is 0.307 e. The molecule has 1 fully saturated rings. The Morgan fingerprint density at radius 1 is 0.688 bits per heavy atom. The third-order valence-corrected chi connectivity index (χ3v) is 4.64. The summed E-state index contributed by atoms with van der Waals surface area (Å²) < 4.78 is 27.3. The average Bonchev–Trinajstić information content (AvgIpc) is 2.80. The zero-order chi connectivity index (χ0) is 24.3. The minimum Gasteiger partial charge on any atom is -0.463 e. The number of hydrogen-bond donors (Lipinski definition) is 1. The Hall–Kier alpha value is -2.69. The molecule has 0 aromatic heterocycles. The summed E-state index contributed by atoms with van der Waals surface area (Å²) in [5.41, 5.74) is 0. The Bertz CT molecular complexity index is 679. The van der Waals surface area contributed by atoms with Gasteiger partial charge < -0.3 is 29.0 Å². The van der Waals surface area contributed by atoms with Crippen molar-refractivity contribution in [2.75, 3.05) is 6.61 Å². The Morgan fingerprint density at radius 2 is 1.19 bits per heavy atom. The number of ether oxygens (including phenoxy) is 5. The number of esters is 4. The number of rotatable bonds is 11. The van der Waals surface area contributed by atoms with Gasteiger partial charge in [-0.3, -0.25) is 24.0 Å². The lowest BCUT2D eigenvalue weighted by Crippen LogP contribution is -2.67. The minimum absolute atomic E-state index is 0.00907. The van der Waals surface area contributed by atoms with Crippen molar-refractivity contribution in [1.29, 1.82) is 0 Å². The highest BCUT2D eigenvalue weighted by atomic mass is 16.7. The average molecular weight is 459 g/mol. The maximum absolute atomic E-state index is 12.2. The van der Waals surface area contributed by atoms with Gasteiger partial charge in [0, 0.05) is 32.1 Å². The van der Waals surface area contributed by atoms with Crippen LogP contribution in [0.4, 0.5) is 0 Å². The summed E-state index contributed by atoms with van der Waals surface area (Å²) in [4.78, 5) is 60.2. The molecule has 11 nitrogen and oxygen atoms in total. The maximum atomic E-state index is 12.2. The van der Waals surface area contributed by atoms with Crippen LogP contribution in [0, 0.1) is 0 Å². The lowest BCUT2D eigenvalue weighted by Gasteiger charge is -2.44. The highest BCUT2D eigenvalue weighted by molar-refractivity contribution is 5.76. The van der Waals surface area contributed by atoms with Gasteiger partial charge in [-0.15, -0.1) is 0 Å². The Morgan fingerprint density at radius 3 is 1.69 bits per heavy atom. The summed E-state index contributed by atoms with van der Waals surface area (Å²) in [5, 5.41) is 2.63. The molecular formula is C21H33NO10. The van der Waals surface area contributed by atoms with E-state index in [4.69, 9.17) is 23.7 Å².